The van der Waals surface area contributed by atoms with Gasteiger partial charge in [0.1, 0.15) is 10.9 Å². The highest BCUT2D eigenvalue weighted by Gasteiger charge is 2.23. The maximum Gasteiger partial charge on any atom is 0.257 e. The Kier molecular flexibility index (Phi) is 4.67. The lowest BCUT2D eigenvalue weighted by molar-refractivity contribution is 0.0746. The van der Waals surface area contributed by atoms with E-state index in [1.54, 1.807) is 25.4 Å². The van der Waals surface area contributed by atoms with Crippen LogP contribution in [0.15, 0.2) is 42.6 Å². The Morgan fingerprint density at radius 3 is 2.43 bits per heavy atom. The van der Waals surface area contributed by atoms with Gasteiger partial charge in [0.25, 0.3) is 5.91 Å². The first-order valence-corrected chi connectivity index (χ1v) is 7.85. The first-order valence-electron chi connectivity index (χ1n) is 7.48. The van der Waals surface area contributed by atoms with Gasteiger partial charge in [-0.15, -0.1) is 0 Å². The number of anilines is 1. The van der Waals surface area contributed by atoms with Crippen molar-refractivity contribution in [3.63, 3.8) is 0 Å². The molecule has 1 aliphatic heterocycles. The van der Waals surface area contributed by atoms with Crippen molar-refractivity contribution >= 4 is 23.2 Å². The molecule has 1 saturated heterocycles. The van der Waals surface area contributed by atoms with Crippen molar-refractivity contribution in [1.29, 1.82) is 0 Å². The third-order valence-electron chi connectivity index (χ3n) is 3.99. The van der Waals surface area contributed by atoms with Crippen molar-refractivity contribution < 1.29 is 9.53 Å². The highest BCUT2D eigenvalue weighted by Crippen LogP contribution is 2.21. The Morgan fingerprint density at radius 2 is 1.83 bits per heavy atom. The topological polar surface area (TPSA) is 45.7 Å². The molecular formula is C17H18ClN3O2. The third-order valence-corrected chi connectivity index (χ3v) is 4.30. The monoisotopic (exact) mass is 331 g/mol. The number of methoxy groups -OCH3 is 1. The summed E-state index contributed by atoms with van der Waals surface area (Å²) in [4.78, 5) is 20.6. The van der Waals surface area contributed by atoms with Gasteiger partial charge in [0.15, 0.2) is 0 Å². The van der Waals surface area contributed by atoms with Crippen molar-refractivity contribution in [1.82, 2.24) is 9.88 Å². The highest BCUT2D eigenvalue weighted by atomic mass is 35.5. The molecule has 1 aliphatic rings. The largest absolute Gasteiger partial charge is 0.497 e. The normalized spacial score (nSPS) is 14.7. The van der Waals surface area contributed by atoms with E-state index in [4.69, 9.17) is 16.3 Å². The van der Waals surface area contributed by atoms with Gasteiger partial charge in [0, 0.05) is 38.1 Å². The molecular weight excluding hydrogens is 314 g/mol. The first kappa shape index (κ1) is 15.6. The van der Waals surface area contributed by atoms with Crippen LogP contribution in [0.2, 0.25) is 5.15 Å². The Bertz CT molecular complexity index is 682. The zero-order chi connectivity index (χ0) is 16.2. The lowest BCUT2D eigenvalue weighted by Crippen LogP contribution is -2.48. The van der Waals surface area contributed by atoms with E-state index >= 15 is 0 Å². The number of carbonyl (C=O) groups is 1. The second-order valence-corrected chi connectivity index (χ2v) is 5.68. The molecule has 1 aromatic carbocycles. The first-order chi connectivity index (χ1) is 11.2. The molecule has 0 radical (unpaired) electrons. The van der Waals surface area contributed by atoms with Gasteiger partial charge in [-0.25, -0.2) is 4.98 Å². The van der Waals surface area contributed by atoms with Crippen LogP contribution in [0.25, 0.3) is 0 Å². The molecule has 3 rings (SSSR count). The molecule has 5 nitrogen and oxygen atoms in total. The van der Waals surface area contributed by atoms with Crippen LogP contribution >= 0.6 is 11.6 Å². The van der Waals surface area contributed by atoms with Gasteiger partial charge >= 0.3 is 0 Å². The predicted molar refractivity (Wildman–Crippen MR) is 90.4 cm³/mol. The van der Waals surface area contributed by atoms with E-state index in [9.17, 15) is 4.79 Å². The average molecular weight is 332 g/mol. The molecule has 6 heteroatoms. The van der Waals surface area contributed by atoms with Gasteiger partial charge in [-0.2, -0.15) is 0 Å². The molecule has 1 amide bonds. The Hall–Kier alpha value is -2.27. The molecule has 0 atom stereocenters. The van der Waals surface area contributed by atoms with Crippen molar-refractivity contribution in [2.75, 3.05) is 38.2 Å². The summed E-state index contributed by atoms with van der Waals surface area (Å²) in [6, 6.07) is 11.4. The Morgan fingerprint density at radius 1 is 1.13 bits per heavy atom. The Labute approximate surface area is 140 Å². The van der Waals surface area contributed by atoms with Crippen molar-refractivity contribution in [2.24, 2.45) is 0 Å². The van der Waals surface area contributed by atoms with Gasteiger partial charge in [-0.1, -0.05) is 11.6 Å². The van der Waals surface area contributed by atoms with Crippen LogP contribution in [0.1, 0.15) is 10.4 Å². The van der Waals surface area contributed by atoms with E-state index < -0.39 is 0 Å². The average Bonchev–Trinajstić information content (AvgIpc) is 2.62. The fraction of sp³-hybridized carbons (Fsp3) is 0.294. The van der Waals surface area contributed by atoms with Crippen LogP contribution in [0.3, 0.4) is 0 Å². The van der Waals surface area contributed by atoms with E-state index in [0.29, 0.717) is 18.7 Å². The molecule has 2 heterocycles. The van der Waals surface area contributed by atoms with Crippen LogP contribution in [0.4, 0.5) is 5.69 Å². The second-order valence-electron chi connectivity index (χ2n) is 5.32. The molecule has 0 bridgehead atoms. The van der Waals surface area contributed by atoms with E-state index in [2.05, 4.69) is 9.88 Å². The number of halogens is 1. The molecule has 0 unspecified atom stereocenters. The maximum atomic E-state index is 12.5. The van der Waals surface area contributed by atoms with Crippen LogP contribution in [-0.4, -0.2) is 49.1 Å². The van der Waals surface area contributed by atoms with Gasteiger partial charge in [-0.05, 0) is 36.4 Å². The quantitative estimate of drug-likeness (QED) is 0.811. The van der Waals surface area contributed by atoms with Crippen LogP contribution in [0, 0.1) is 0 Å². The van der Waals surface area contributed by atoms with Crippen LogP contribution in [-0.2, 0) is 0 Å². The number of amides is 1. The molecule has 2 aromatic rings. The molecule has 0 spiro atoms. The number of aromatic nitrogens is 1. The summed E-state index contributed by atoms with van der Waals surface area (Å²) in [6.45, 7) is 2.90. The summed E-state index contributed by atoms with van der Waals surface area (Å²) in [6.07, 6.45) is 1.58. The van der Waals surface area contributed by atoms with E-state index in [1.165, 1.54) is 0 Å². The fourth-order valence-electron chi connectivity index (χ4n) is 2.68. The van der Waals surface area contributed by atoms with E-state index in [-0.39, 0.29) is 11.1 Å². The molecule has 0 aliphatic carbocycles. The summed E-state index contributed by atoms with van der Waals surface area (Å²) in [5.41, 5.74) is 1.60. The molecule has 0 N–H and O–H groups in total. The summed E-state index contributed by atoms with van der Waals surface area (Å²) in [7, 11) is 1.66. The van der Waals surface area contributed by atoms with Crippen molar-refractivity contribution in [2.45, 2.75) is 0 Å². The number of carbonyl (C=O) groups excluding carboxylic acids is 1. The number of hydrogen-bond donors (Lipinski definition) is 0. The number of nitrogens with zero attached hydrogens (tertiary/aromatic N) is 3. The molecule has 23 heavy (non-hydrogen) atoms. The number of ether oxygens (including phenoxy) is 1. The minimum Gasteiger partial charge on any atom is -0.497 e. The zero-order valence-corrected chi connectivity index (χ0v) is 13.7. The molecule has 1 fully saturated rings. The number of rotatable bonds is 3. The lowest BCUT2D eigenvalue weighted by atomic mass is 10.2. The number of piperazine rings is 1. The van der Waals surface area contributed by atoms with Gasteiger partial charge in [-0.3, -0.25) is 4.79 Å². The Balaban J connectivity index is 1.64. The van der Waals surface area contributed by atoms with Gasteiger partial charge < -0.3 is 14.5 Å². The SMILES string of the molecule is COc1ccc(N2CCN(C(=O)c3cccnc3Cl)CC2)cc1. The summed E-state index contributed by atoms with van der Waals surface area (Å²) < 4.78 is 5.18. The number of hydrogen-bond acceptors (Lipinski definition) is 4. The fourth-order valence-corrected chi connectivity index (χ4v) is 2.88. The minimum atomic E-state index is -0.0579. The van der Waals surface area contributed by atoms with Crippen LogP contribution < -0.4 is 9.64 Å². The lowest BCUT2D eigenvalue weighted by Gasteiger charge is -2.36. The second kappa shape index (κ2) is 6.87. The van der Waals surface area contributed by atoms with E-state index in [0.717, 1.165) is 24.5 Å². The summed E-state index contributed by atoms with van der Waals surface area (Å²) in [5.74, 6) is 0.784. The summed E-state index contributed by atoms with van der Waals surface area (Å²) >= 11 is 6.01. The zero-order valence-electron chi connectivity index (χ0n) is 12.9. The third kappa shape index (κ3) is 3.40. The van der Waals surface area contributed by atoms with Crippen molar-refractivity contribution in [3.05, 3.63) is 53.3 Å². The minimum absolute atomic E-state index is 0.0579. The number of benzene rings is 1. The molecule has 1 aromatic heterocycles. The predicted octanol–water partition coefficient (Wildman–Crippen LogP) is 2.71. The standard InChI is InChI=1S/C17H18ClN3O2/c1-23-14-6-4-13(5-7-14)20-9-11-21(12-10-20)17(22)15-3-2-8-19-16(15)18/h2-8H,9-12H2,1H3. The molecule has 120 valence electrons. The van der Waals surface area contributed by atoms with Gasteiger partial charge in [0.05, 0.1) is 12.7 Å². The number of pyridine rings is 1. The van der Waals surface area contributed by atoms with Gasteiger partial charge in [0.2, 0.25) is 0 Å². The van der Waals surface area contributed by atoms with Crippen LogP contribution in [0.5, 0.6) is 5.75 Å². The summed E-state index contributed by atoms with van der Waals surface area (Å²) in [5, 5.41) is 0.259. The highest BCUT2D eigenvalue weighted by molar-refractivity contribution is 6.32. The smallest absolute Gasteiger partial charge is 0.257 e. The van der Waals surface area contributed by atoms with Crippen molar-refractivity contribution in [3.8, 4) is 5.75 Å². The molecule has 0 saturated carbocycles. The van der Waals surface area contributed by atoms with E-state index in [1.807, 2.05) is 29.2 Å². The maximum absolute atomic E-state index is 12.5.